The number of rotatable bonds is 5. The second kappa shape index (κ2) is 4.99. The Labute approximate surface area is 98.9 Å². The Bertz CT molecular complexity index is 435. The fourth-order valence-corrected chi connectivity index (χ4v) is 2.08. The van der Waals surface area contributed by atoms with Crippen molar-refractivity contribution in [3.05, 3.63) is 17.0 Å². The lowest BCUT2D eigenvalue weighted by atomic mass is 9.91. The number of carboxylic acid groups (broad SMARTS) is 2. The number of carbonyl (C=O) groups is 2. The van der Waals surface area contributed by atoms with Crippen LogP contribution in [0.2, 0.25) is 0 Å². The third-order valence-electron chi connectivity index (χ3n) is 2.82. The predicted molar refractivity (Wildman–Crippen MR) is 59.9 cm³/mol. The molecule has 0 radical (unpaired) electrons. The van der Waals surface area contributed by atoms with Crippen molar-refractivity contribution in [3.63, 3.8) is 0 Å². The number of hydrogen-bond acceptors (Lipinski definition) is 3. The van der Waals surface area contributed by atoms with Crippen LogP contribution in [0.15, 0.2) is 0 Å². The average Bonchev–Trinajstić information content (AvgIpc) is 2.38. The van der Waals surface area contributed by atoms with Crippen molar-refractivity contribution in [2.45, 2.75) is 32.6 Å². The van der Waals surface area contributed by atoms with Crippen LogP contribution in [0, 0.1) is 13.8 Å². The minimum atomic E-state index is -1.00. The maximum Gasteiger partial charge on any atom is 0.303 e. The van der Waals surface area contributed by atoms with Crippen LogP contribution in [0.5, 0.6) is 0 Å². The molecule has 1 rings (SSSR count). The van der Waals surface area contributed by atoms with E-state index in [4.69, 9.17) is 10.2 Å². The molecule has 0 fully saturated rings. The third-order valence-corrected chi connectivity index (χ3v) is 2.82. The quantitative estimate of drug-likeness (QED) is 0.803. The Hall–Kier alpha value is -1.85. The van der Waals surface area contributed by atoms with E-state index in [0.29, 0.717) is 5.69 Å². The van der Waals surface area contributed by atoms with Gasteiger partial charge in [-0.25, -0.2) is 0 Å². The largest absolute Gasteiger partial charge is 0.481 e. The summed E-state index contributed by atoms with van der Waals surface area (Å²) in [5.41, 5.74) is 2.24. The second-order valence-corrected chi connectivity index (χ2v) is 4.10. The molecule has 0 aromatic carbocycles. The van der Waals surface area contributed by atoms with E-state index < -0.39 is 17.9 Å². The van der Waals surface area contributed by atoms with E-state index in [1.807, 2.05) is 6.92 Å². The highest BCUT2D eigenvalue weighted by Crippen LogP contribution is 2.29. The molecule has 1 heterocycles. The average molecular weight is 240 g/mol. The van der Waals surface area contributed by atoms with Gasteiger partial charge in [-0.2, -0.15) is 5.10 Å². The van der Waals surface area contributed by atoms with Gasteiger partial charge in [-0.05, 0) is 13.8 Å². The van der Waals surface area contributed by atoms with E-state index in [1.54, 1.807) is 18.7 Å². The summed E-state index contributed by atoms with van der Waals surface area (Å²) >= 11 is 0. The smallest absolute Gasteiger partial charge is 0.303 e. The first kappa shape index (κ1) is 13.2. The number of carboxylic acids is 2. The maximum atomic E-state index is 10.8. The van der Waals surface area contributed by atoms with Crippen molar-refractivity contribution >= 4 is 11.9 Å². The molecule has 0 atom stereocenters. The summed E-state index contributed by atoms with van der Waals surface area (Å²) < 4.78 is 1.64. The lowest BCUT2D eigenvalue weighted by molar-refractivity contribution is -0.139. The van der Waals surface area contributed by atoms with E-state index in [9.17, 15) is 9.59 Å². The van der Waals surface area contributed by atoms with Gasteiger partial charge in [-0.1, -0.05) is 0 Å². The fourth-order valence-electron chi connectivity index (χ4n) is 2.08. The molecule has 94 valence electrons. The molecule has 1 aromatic rings. The first-order valence-electron chi connectivity index (χ1n) is 5.26. The molecule has 0 saturated carbocycles. The Morgan fingerprint density at radius 2 is 1.71 bits per heavy atom. The minimum Gasteiger partial charge on any atom is -0.481 e. The summed E-state index contributed by atoms with van der Waals surface area (Å²) in [6.45, 7) is 3.57. The Morgan fingerprint density at radius 1 is 1.24 bits per heavy atom. The summed E-state index contributed by atoms with van der Waals surface area (Å²) in [6, 6.07) is 0. The van der Waals surface area contributed by atoms with Crippen LogP contribution in [-0.2, 0) is 16.6 Å². The zero-order valence-electron chi connectivity index (χ0n) is 10.1. The predicted octanol–water partition coefficient (Wildman–Crippen LogP) is 1.07. The van der Waals surface area contributed by atoms with Crippen LogP contribution in [0.3, 0.4) is 0 Å². The van der Waals surface area contributed by atoms with Crippen molar-refractivity contribution in [2.75, 3.05) is 0 Å². The van der Waals surface area contributed by atoms with Crippen molar-refractivity contribution < 1.29 is 19.8 Å². The molecule has 6 nitrogen and oxygen atoms in total. The molecule has 0 spiro atoms. The first-order valence-corrected chi connectivity index (χ1v) is 5.26. The summed E-state index contributed by atoms with van der Waals surface area (Å²) in [7, 11) is 1.75. The Morgan fingerprint density at radius 3 is 2.00 bits per heavy atom. The van der Waals surface area contributed by atoms with Gasteiger partial charge in [-0.15, -0.1) is 0 Å². The van der Waals surface area contributed by atoms with Crippen molar-refractivity contribution in [2.24, 2.45) is 7.05 Å². The number of nitrogens with zero attached hydrogens (tertiary/aromatic N) is 2. The van der Waals surface area contributed by atoms with E-state index in [2.05, 4.69) is 5.10 Å². The van der Waals surface area contributed by atoms with Gasteiger partial charge in [0.1, 0.15) is 0 Å². The minimum absolute atomic E-state index is 0.195. The maximum absolute atomic E-state index is 10.8. The van der Waals surface area contributed by atoms with Gasteiger partial charge in [-0.3, -0.25) is 14.3 Å². The van der Waals surface area contributed by atoms with Crippen LogP contribution in [0.25, 0.3) is 0 Å². The molecule has 0 aliphatic rings. The topological polar surface area (TPSA) is 92.4 Å². The van der Waals surface area contributed by atoms with E-state index >= 15 is 0 Å². The summed E-state index contributed by atoms with van der Waals surface area (Å²) in [6.07, 6.45) is -0.390. The number of hydrogen-bond donors (Lipinski definition) is 2. The molecule has 2 N–H and O–H groups in total. The summed E-state index contributed by atoms with van der Waals surface area (Å²) in [4.78, 5) is 21.5. The molecule has 1 aromatic heterocycles. The highest BCUT2D eigenvalue weighted by Gasteiger charge is 2.24. The Kier molecular flexibility index (Phi) is 3.88. The monoisotopic (exact) mass is 240 g/mol. The molecule has 6 heteroatoms. The summed E-state index contributed by atoms with van der Waals surface area (Å²) in [5, 5.41) is 21.8. The zero-order valence-corrected chi connectivity index (χ0v) is 10.1. The first-order chi connectivity index (χ1) is 7.82. The molecule has 0 unspecified atom stereocenters. The van der Waals surface area contributed by atoms with Crippen molar-refractivity contribution in [1.29, 1.82) is 0 Å². The van der Waals surface area contributed by atoms with Gasteiger partial charge >= 0.3 is 11.9 Å². The molecule has 0 aliphatic heterocycles. The van der Waals surface area contributed by atoms with Gasteiger partial charge in [0.25, 0.3) is 0 Å². The third kappa shape index (κ3) is 3.05. The van der Waals surface area contributed by atoms with Gasteiger partial charge in [0.15, 0.2) is 0 Å². The van der Waals surface area contributed by atoms with Crippen molar-refractivity contribution in [3.8, 4) is 0 Å². The molecule has 0 amide bonds. The van der Waals surface area contributed by atoms with E-state index in [0.717, 1.165) is 11.3 Å². The van der Waals surface area contributed by atoms with Crippen LogP contribution >= 0.6 is 0 Å². The number of aliphatic carboxylic acids is 2. The highest BCUT2D eigenvalue weighted by molar-refractivity contribution is 5.72. The lowest BCUT2D eigenvalue weighted by Crippen LogP contribution is -2.12. The lowest BCUT2D eigenvalue weighted by Gasteiger charge is -2.13. The number of aryl methyl sites for hydroxylation is 2. The molecule has 0 saturated heterocycles. The van der Waals surface area contributed by atoms with Gasteiger partial charge in [0, 0.05) is 24.2 Å². The van der Waals surface area contributed by atoms with E-state index in [1.165, 1.54) is 0 Å². The fraction of sp³-hybridized carbons (Fsp3) is 0.545. The zero-order chi connectivity index (χ0) is 13.2. The SMILES string of the molecule is Cc1nn(C)c(C)c1C(CC(=O)O)CC(=O)O. The van der Waals surface area contributed by atoms with Gasteiger partial charge in [0.05, 0.1) is 18.5 Å². The van der Waals surface area contributed by atoms with Crippen LogP contribution in [0.1, 0.15) is 35.7 Å². The van der Waals surface area contributed by atoms with Gasteiger partial charge < -0.3 is 10.2 Å². The van der Waals surface area contributed by atoms with Crippen LogP contribution in [-0.4, -0.2) is 31.9 Å². The molecule has 0 bridgehead atoms. The van der Waals surface area contributed by atoms with Gasteiger partial charge in [0.2, 0.25) is 0 Å². The second-order valence-electron chi connectivity index (χ2n) is 4.10. The normalized spacial score (nSPS) is 10.8. The highest BCUT2D eigenvalue weighted by atomic mass is 16.4. The summed E-state index contributed by atoms with van der Waals surface area (Å²) in [5.74, 6) is -2.53. The van der Waals surface area contributed by atoms with E-state index in [-0.39, 0.29) is 12.8 Å². The molecular weight excluding hydrogens is 224 g/mol. The van der Waals surface area contributed by atoms with Crippen LogP contribution < -0.4 is 0 Å². The Balaban J connectivity index is 3.11. The molecular formula is C11H16N2O4. The molecule has 17 heavy (non-hydrogen) atoms. The van der Waals surface area contributed by atoms with Crippen LogP contribution in [0.4, 0.5) is 0 Å². The number of aromatic nitrogens is 2. The van der Waals surface area contributed by atoms with Crippen molar-refractivity contribution in [1.82, 2.24) is 9.78 Å². The standard InChI is InChI=1S/C11H16N2O4/c1-6-11(7(2)13(3)12-6)8(4-9(14)15)5-10(16)17/h8H,4-5H2,1-3H3,(H,14,15)(H,16,17). The molecule has 0 aliphatic carbocycles.